The third kappa shape index (κ3) is 7.43. The van der Waals surface area contributed by atoms with E-state index in [9.17, 15) is 9.59 Å². The number of amides is 1. The van der Waals surface area contributed by atoms with Gasteiger partial charge in [0.2, 0.25) is 5.91 Å². The van der Waals surface area contributed by atoms with Gasteiger partial charge in [0.15, 0.2) is 0 Å². The van der Waals surface area contributed by atoms with Crippen molar-refractivity contribution in [3.05, 3.63) is 96.1 Å². The minimum atomic E-state index is -0.374. The lowest BCUT2D eigenvalue weighted by Gasteiger charge is -2.09. The van der Waals surface area contributed by atoms with Crippen LogP contribution < -0.4 is 10.1 Å². The first-order valence-corrected chi connectivity index (χ1v) is 9.95. The molecule has 0 radical (unpaired) electrons. The van der Waals surface area contributed by atoms with Crippen molar-refractivity contribution in [2.75, 3.05) is 11.9 Å². The van der Waals surface area contributed by atoms with Crippen LogP contribution >= 0.6 is 0 Å². The molecule has 0 saturated heterocycles. The number of carbonyl (C=O) groups is 2. The highest BCUT2D eigenvalue weighted by molar-refractivity contribution is 5.92. The van der Waals surface area contributed by atoms with Crippen LogP contribution in [0, 0.1) is 0 Å². The fourth-order valence-corrected chi connectivity index (χ4v) is 2.84. The molecule has 0 aliphatic heterocycles. The van der Waals surface area contributed by atoms with Crippen molar-refractivity contribution < 1.29 is 19.1 Å². The lowest BCUT2D eigenvalue weighted by Crippen LogP contribution is -2.15. The van der Waals surface area contributed by atoms with Gasteiger partial charge in [0.05, 0.1) is 13.0 Å². The second-order valence-corrected chi connectivity index (χ2v) is 6.81. The molecule has 1 N–H and O–H groups in total. The molecule has 0 spiro atoms. The van der Waals surface area contributed by atoms with Gasteiger partial charge in [-0.05, 0) is 23.3 Å². The van der Waals surface area contributed by atoms with Gasteiger partial charge in [-0.3, -0.25) is 9.59 Å². The Morgan fingerprint density at radius 1 is 0.767 bits per heavy atom. The van der Waals surface area contributed by atoms with Crippen LogP contribution in [0.3, 0.4) is 0 Å². The van der Waals surface area contributed by atoms with E-state index in [4.69, 9.17) is 9.47 Å². The van der Waals surface area contributed by atoms with E-state index in [1.54, 1.807) is 12.1 Å². The molecule has 0 heterocycles. The van der Waals surface area contributed by atoms with E-state index in [2.05, 4.69) is 5.32 Å². The Balaban J connectivity index is 1.37. The van der Waals surface area contributed by atoms with Crippen molar-refractivity contribution in [2.24, 2.45) is 0 Å². The van der Waals surface area contributed by atoms with E-state index in [0.717, 1.165) is 11.1 Å². The topological polar surface area (TPSA) is 64.6 Å². The number of nitrogens with one attached hydrogen (secondary N) is 1. The third-order valence-corrected chi connectivity index (χ3v) is 4.42. The van der Waals surface area contributed by atoms with Gasteiger partial charge in [0.1, 0.15) is 12.4 Å². The molecule has 0 aliphatic carbocycles. The van der Waals surface area contributed by atoms with Gasteiger partial charge < -0.3 is 14.8 Å². The van der Waals surface area contributed by atoms with E-state index in [1.165, 1.54) is 0 Å². The average Bonchev–Trinajstić information content (AvgIpc) is 2.78. The molecule has 1 amide bonds. The van der Waals surface area contributed by atoms with Crippen molar-refractivity contribution in [1.29, 1.82) is 0 Å². The molecule has 5 heteroatoms. The van der Waals surface area contributed by atoms with Crippen LogP contribution in [0.15, 0.2) is 84.9 Å². The Morgan fingerprint density at radius 3 is 2.20 bits per heavy atom. The molecular weight excluding hydrogens is 378 g/mol. The molecule has 0 aliphatic rings. The summed E-state index contributed by atoms with van der Waals surface area (Å²) in [5, 5.41) is 2.79. The largest absolute Gasteiger partial charge is 0.489 e. The number of hydrogen-bond donors (Lipinski definition) is 1. The Kier molecular flexibility index (Phi) is 8.03. The Labute approximate surface area is 176 Å². The molecule has 0 saturated carbocycles. The summed E-state index contributed by atoms with van der Waals surface area (Å²) in [5.74, 6) is 0.0493. The van der Waals surface area contributed by atoms with E-state index in [1.807, 2.05) is 72.8 Å². The highest BCUT2D eigenvalue weighted by Crippen LogP contribution is 2.19. The number of benzene rings is 3. The zero-order valence-electron chi connectivity index (χ0n) is 16.8. The van der Waals surface area contributed by atoms with Gasteiger partial charge in [0, 0.05) is 24.6 Å². The first-order chi connectivity index (χ1) is 14.7. The average molecular weight is 403 g/mol. The lowest BCUT2D eigenvalue weighted by molar-refractivity contribution is -0.144. The first kappa shape index (κ1) is 21.1. The quantitative estimate of drug-likeness (QED) is 0.495. The maximum absolute atomic E-state index is 12.1. The molecule has 0 atom stereocenters. The zero-order chi connectivity index (χ0) is 21.0. The first-order valence-electron chi connectivity index (χ1n) is 9.95. The normalized spacial score (nSPS) is 10.3. The fraction of sp³-hybridized carbons (Fsp3) is 0.200. The number of rotatable bonds is 10. The molecule has 0 bridgehead atoms. The molecule has 0 fully saturated rings. The second-order valence-electron chi connectivity index (χ2n) is 6.81. The van der Waals surface area contributed by atoms with Crippen LogP contribution in [0.5, 0.6) is 5.75 Å². The SMILES string of the molecule is O=C(CCC(=O)OCCc1ccccc1)Nc1cccc(OCc2ccccc2)c1. The minimum Gasteiger partial charge on any atom is -0.489 e. The maximum Gasteiger partial charge on any atom is 0.306 e. The van der Waals surface area contributed by atoms with Gasteiger partial charge in [-0.1, -0.05) is 66.7 Å². The highest BCUT2D eigenvalue weighted by atomic mass is 16.5. The number of carbonyl (C=O) groups excluding carboxylic acids is 2. The molecule has 3 aromatic rings. The molecule has 5 nitrogen and oxygen atoms in total. The molecule has 30 heavy (non-hydrogen) atoms. The number of hydrogen-bond acceptors (Lipinski definition) is 4. The van der Waals surface area contributed by atoms with Crippen molar-refractivity contribution in [1.82, 2.24) is 0 Å². The lowest BCUT2D eigenvalue weighted by atomic mass is 10.2. The third-order valence-electron chi connectivity index (χ3n) is 4.42. The molecule has 0 unspecified atom stereocenters. The second kappa shape index (κ2) is 11.4. The smallest absolute Gasteiger partial charge is 0.306 e. The number of esters is 1. The monoisotopic (exact) mass is 403 g/mol. The van der Waals surface area contributed by atoms with Crippen LogP contribution in [0.1, 0.15) is 24.0 Å². The van der Waals surface area contributed by atoms with E-state index < -0.39 is 0 Å². The summed E-state index contributed by atoms with van der Waals surface area (Å²) in [6.45, 7) is 0.762. The number of anilines is 1. The number of ether oxygens (including phenoxy) is 2. The van der Waals surface area contributed by atoms with Crippen molar-refractivity contribution in [3.8, 4) is 5.75 Å². The summed E-state index contributed by atoms with van der Waals surface area (Å²) < 4.78 is 11.0. The highest BCUT2D eigenvalue weighted by Gasteiger charge is 2.09. The molecule has 3 aromatic carbocycles. The van der Waals surface area contributed by atoms with Gasteiger partial charge >= 0.3 is 5.97 Å². The molecule has 154 valence electrons. The van der Waals surface area contributed by atoms with Crippen LogP contribution in [0.2, 0.25) is 0 Å². The standard InChI is InChI=1S/C25H25NO4/c27-24(14-15-25(28)29-17-16-20-8-3-1-4-9-20)26-22-12-7-13-23(18-22)30-19-21-10-5-2-6-11-21/h1-13,18H,14-17,19H2,(H,26,27). The van der Waals surface area contributed by atoms with Gasteiger partial charge in [-0.2, -0.15) is 0 Å². The Hall–Kier alpha value is -3.60. The molecule has 3 rings (SSSR count). The van der Waals surface area contributed by atoms with Crippen LogP contribution in [-0.2, 0) is 27.4 Å². The minimum absolute atomic E-state index is 0.0464. The van der Waals surface area contributed by atoms with Crippen LogP contribution in [0.25, 0.3) is 0 Å². The summed E-state index contributed by atoms with van der Waals surface area (Å²) in [7, 11) is 0. The van der Waals surface area contributed by atoms with Crippen molar-refractivity contribution in [3.63, 3.8) is 0 Å². The summed E-state index contributed by atoms with van der Waals surface area (Å²) in [6, 6.07) is 26.9. The van der Waals surface area contributed by atoms with E-state index in [0.29, 0.717) is 31.1 Å². The zero-order valence-corrected chi connectivity index (χ0v) is 16.8. The van der Waals surface area contributed by atoms with Gasteiger partial charge in [0.25, 0.3) is 0 Å². The Morgan fingerprint density at radius 2 is 1.47 bits per heavy atom. The molecule has 0 aromatic heterocycles. The van der Waals surface area contributed by atoms with Crippen LogP contribution in [0.4, 0.5) is 5.69 Å². The van der Waals surface area contributed by atoms with Crippen molar-refractivity contribution >= 4 is 17.6 Å². The summed E-state index contributed by atoms with van der Waals surface area (Å²) in [6.07, 6.45) is 0.776. The van der Waals surface area contributed by atoms with E-state index >= 15 is 0 Å². The van der Waals surface area contributed by atoms with Gasteiger partial charge in [-0.25, -0.2) is 0 Å². The summed E-state index contributed by atoms with van der Waals surface area (Å²) in [4.78, 5) is 24.0. The summed E-state index contributed by atoms with van der Waals surface area (Å²) >= 11 is 0. The van der Waals surface area contributed by atoms with E-state index in [-0.39, 0.29) is 24.7 Å². The van der Waals surface area contributed by atoms with Crippen molar-refractivity contribution in [2.45, 2.75) is 25.9 Å². The fourth-order valence-electron chi connectivity index (χ4n) is 2.84. The summed E-state index contributed by atoms with van der Waals surface area (Å²) in [5.41, 5.74) is 2.80. The van der Waals surface area contributed by atoms with Gasteiger partial charge in [-0.15, -0.1) is 0 Å². The maximum atomic E-state index is 12.1. The Bertz CT molecular complexity index is 942. The predicted molar refractivity (Wildman–Crippen MR) is 116 cm³/mol. The molecular formula is C25H25NO4. The van der Waals surface area contributed by atoms with Crippen LogP contribution in [-0.4, -0.2) is 18.5 Å². The predicted octanol–water partition coefficient (Wildman–Crippen LogP) is 4.77.